The van der Waals surface area contributed by atoms with E-state index in [2.05, 4.69) is 37.3 Å². The summed E-state index contributed by atoms with van der Waals surface area (Å²) in [6, 6.07) is 12.9. The molecule has 0 spiro atoms. The first-order chi connectivity index (χ1) is 10.2. The third-order valence-corrected chi connectivity index (χ3v) is 5.84. The fourth-order valence-electron chi connectivity index (χ4n) is 3.60. The predicted molar refractivity (Wildman–Crippen MR) is 88.5 cm³/mol. The number of hydrogen-bond acceptors (Lipinski definition) is 3. The number of nitrogen functional groups attached to an aromatic ring is 1. The second kappa shape index (κ2) is 5.54. The average Bonchev–Trinajstić information content (AvgIpc) is 2.82. The van der Waals surface area contributed by atoms with E-state index in [-0.39, 0.29) is 5.41 Å². The van der Waals surface area contributed by atoms with Crippen LogP contribution in [-0.2, 0) is 24.7 Å². The molecule has 1 aliphatic carbocycles. The van der Waals surface area contributed by atoms with Gasteiger partial charge in [-0.3, -0.25) is 0 Å². The Hall–Kier alpha value is -1.79. The molecule has 1 aromatic carbocycles. The summed E-state index contributed by atoms with van der Waals surface area (Å²) in [5.41, 5.74) is 10.2. The van der Waals surface area contributed by atoms with Gasteiger partial charge in [0.15, 0.2) is 0 Å². The summed E-state index contributed by atoms with van der Waals surface area (Å²) in [4.78, 5) is 1.40. The lowest BCUT2D eigenvalue weighted by Gasteiger charge is -2.36. The number of fused-ring (bicyclic) bond motifs is 1. The Balaban J connectivity index is 2.04. The van der Waals surface area contributed by atoms with Crippen LogP contribution in [-0.4, -0.2) is 0 Å². The van der Waals surface area contributed by atoms with Crippen molar-refractivity contribution in [2.45, 2.75) is 44.4 Å². The molecule has 2 N–H and O–H groups in total. The molecule has 0 saturated heterocycles. The minimum absolute atomic E-state index is 0.0364. The Morgan fingerprint density at radius 1 is 1.33 bits per heavy atom. The van der Waals surface area contributed by atoms with Gasteiger partial charge in [0.25, 0.3) is 0 Å². The molecule has 3 rings (SSSR count). The van der Waals surface area contributed by atoms with Crippen LogP contribution in [0.5, 0.6) is 0 Å². The van der Waals surface area contributed by atoms with Gasteiger partial charge in [0.05, 0.1) is 11.1 Å². The number of hydrogen-bond donors (Lipinski definition) is 1. The van der Waals surface area contributed by atoms with Crippen molar-refractivity contribution in [3.63, 3.8) is 0 Å². The van der Waals surface area contributed by atoms with Gasteiger partial charge < -0.3 is 5.73 Å². The highest BCUT2D eigenvalue weighted by Crippen LogP contribution is 2.46. The summed E-state index contributed by atoms with van der Waals surface area (Å²) >= 11 is 1.73. The van der Waals surface area contributed by atoms with Crippen LogP contribution in [0.25, 0.3) is 0 Å². The van der Waals surface area contributed by atoms with Gasteiger partial charge in [0, 0.05) is 16.7 Å². The molecule has 108 valence electrons. The highest BCUT2D eigenvalue weighted by Gasteiger charge is 2.38. The summed E-state index contributed by atoms with van der Waals surface area (Å²) in [5.74, 6) is 0. The fraction of sp³-hybridized carbons (Fsp3) is 0.389. The maximum absolute atomic E-state index is 9.33. The fourth-order valence-corrected chi connectivity index (χ4v) is 4.95. The molecule has 1 unspecified atom stereocenters. The average molecular weight is 296 g/mol. The summed E-state index contributed by atoms with van der Waals surface area (Å²) in [5, 5.41) is 10.3. The van der Waals surface area contributed by atoms with Crippen molar-refractivity contribution in [2.24, 2.45) is 0 Å². The second-order valence-corrected chi connectivity index (χ2v) is 6.99. The van der Waals surface area contributed by atoms with Crippen molar-refractivity contribution < 1.29 is 0 Å². The molecule has 1 aliphatic rings. The van der Waals surface area contributed by atoms with E-state index in [1.54, 1.807) is 11.3 Å². The molecule has 2 aromatic rings. The number of nitrogens with zero attached hydrogens (tertiary/aromatic N) is 1. The first-order valence-corrected chi connectivity index (χ1v) is 8.33. The van der Waals surface area contributed by atoms with Crippen molar-refractivity contribution in [1.82, 2.24) is 0 Å². The third kappa shape index (κ3) is 2.34. The van der Waals surface area contributed by atoms with Crippen molar-refractivity contribution in [3.8, 4) is 6.07 Å². The SMILES string of the molecule is CCc1c(N)sc2c1CCC(CC#N)(c1ccccc1)C2. The van der Waals surface area contributed by atoms with Crippen LogP contribution in [0.4, 0.5) is 5.00 Å². The quantitative estimate of drug-likeness (QED) is 0.921. The van der Waals surface area contributed by atoms with Crippen LogP contribution in [0.3, 0.4) is 0 Å². The third-order valence-electron chi connectivity index (χ3n) is 4.74. The minimum Gasteiger partial charge on any atom is -0.390 e. The zero-order valence-electron chi connectivity index (χ0n) is 12.4. The number of rotatable bonds is 3. The molecule has 1 atom stereocenters. The molecule has 0 saturated carbocycles. The number of anilines is 1. The van der Waals surface area contributed by atoms with Crippen LogP contribution >= 0.6 is 11.3 Å². The smallest absolute Gasteiger partial charge is 0.0894 e. The monoisotopic (exact) mass is 296 g/mol. The van der Waals surface area contributed by atoms with E-state index in [0.717, 1.165) is 30.7 Å². The summed E-state index contributed by atoms with van der Waals surface area (Å²) in [7, 11) is 0. The molecule has 1 heterocycles. The number of benzene rings is 1. The standard InChI is InChI=1S/C18H20N2S/c1-2-14-15-8-9-18(10-11-19,12-16(15)21-17(14)20)13-6-4-3-5-7-13/h3-7H,2,8-10,12,20H2,1H3. The van der Waals surface area contributed by atoms with Crippen LogP contribution in [0, 0.1) is 11.3 Å². The number of nitrogens with two attached hydrogens (primary N) is 1. The lowest BCUT2D eigenvalue weighted by atomic mass is 9.67. The van der Waals surface area contributed by atoms with Gasteiger partial charge >= 0.3 is 0 Å². The highest BCUT2D eigenvalue weighted by molar-refractivity contribution is 7.16. The van der Waals surface area contributed by atoms with E-state index < -0.39 is 0 Å². The predicted octanol–water partition coefficient (Wildman–Crippen LogP) is 4.23. The normalized spacial score (nSPS) is 20.8. The van der Waals surface area contributed by atoms with E-state index in [1.807, 2.05) is 6.07 Å². The Kier molecular flexibility index (Phi) is 3.73. The Morgan fingerprint density at radius 3 is 2.76 bits per heavy atom. The van der Waals surface area contributed by atoms with E-state index in [1.165, 1.54) is 21.6 Å². The first kappa shape index (κ1) is 14.2. The maximum Gasteiger partial charge on any atom is 0.0894 e. The molecule has 1 aromatic heterocycles. The van der Waals surface area contributed by atoms with E-state index in [4.69, 9.17) is 5.73 Å². The summed E-state index contributed by atoms with van der Waals surface area (Å²) in [6.45, 7) is 2.17. The van der Waals surface area contributed by atoms with E-state index >= 15 is 0 Å². The summed E-state index contributed by atoms with van der Waals surface area (Å²) < 4.78 is 0. The van der Waals surface area contributed by atoms with Crippen molar-refractivity contribution in [2.75, 3.05) is 5.73 Å². The number of thiophene rings is 1. The zero-order valence-corrected chi connectivity index (χ0v) is 13.2. The molecule has 0 aliphatic heterocycles. The lowest BCUT2D eigenvalue weighted by Crippen LogP contribution is -2.32. The second-order valence-electron chi connectivity index (χ2n) is 5.86. The van der Waals surface area contributed by atoms with Gasteiger partial charge in [-0.25, -0.2) is 0 Å². The largest absolute Gasteiger partial charge is 0.390 e. The van der Waals surface area contributed by atoms with Crippen molar-refractivity contribution >= 4 is 16.3 Å². The van der Waals surface area contributed by atoms with Gasteiger partial charge in [-0.05, 0) is 42.4 Å². The van der Waals surface area contributed by atoms with Gasteiger partial charge in [-0.1, -0.05) is 37.3 Å². The van der Waals surface area contributed by atoms with Crippen LogP contribution in [0.2, 0.25) is 0 Å². The highest BCUT2D eigenvalue weighted by atomic mass is 32.1. The minimum atomic E-state index is -0.0364. The molecule has 2 nitrogen and oxygen atoms in total. The molecule has 0 radical (unpaired) electrons. The lowest BCUT2D eigenvalue weighted by molar-refractivity contribution is 0.381. The maximum atomic E-state index is 9.33. The molecule has 0 bridgehead atoms. The Morgan fingerprint density at radius 2 is 2.10 bits per heavy atom. The van der Waals surface area contributed by atoms with Gasteiger partial charge in [-0.2, -0.15) is 5.26 Å². The van der Waals surface area contributed by atoms with E-state index in [0.29, 0.717) is 6.42 Å². The first-order valence-electron chi connectivity index (χ1n) is 7.51. The molecule has 3 heteroatoms. The van der Waals surface area contributed by atoms with Crippen molar-refractivity contribution in [1.29, 1.82) is 5.26 Å². The molecule has 21 heavy (non-hydrogen) atoms. The molecule has 0 amide bonds. The van der Waals surface area contributed by atoms with Gasteiger partial charge in [0.1, 0.15) is 0 Å². The number of nitriles is 1. The van der Waals surface area contributed by atoms with Crippen LogP contribution < -0.4 is 5.73 Å². The van der Waals surface area contributed by atoms with Crippen LogP contribution in [0.1, 0.15) is 41.3 Å². The molecular formula is C18H20N2S. The van der Waals surface area contributed by atoms with E-state index in [9.17, 15) is 5.26 Å². The molecular weight excluding hydrogens is 276 g/mol. The van der Waals surface area contributed by atoms with Gasteiger partial charge in [-0.15, -0.1) is 11.3 Å². The molecule has 0 fully saturated rings. The zero-order chi connectivity index (χ0) is 14.9. The Labute approximate surface area is 130 Å². The summed E-state index contributed by atoms with van der Waals surface area (Å²) in [6.07, 6.45) is 4.63. The van der Waals surface area contributed by atoms with Gasteiger partial charge in [0.2, 0.25) is 0 Å². The Bertz CT molecular complexity index is 681. The topological polar surface area (TPSA) is 49.8 Å². The van der Waals surface area contributed by atoms with Crippen LogP contribution in [0.15, 0.2) is 30.3 Å². The van der Waals surface area contributed by atoms with Crippen molar-refractivity contribution in [3.05, 3.63) is 51.9 Å².